The van der Waals surface area contributed by atoms with Crippen LogP contribution >= 0.6 is 0 Å². The Hall–Kier alpha value is -2.20. The molecule has 0 N–H and O–H groups in total. The number of halogens is 1. The molecule has 3 nitrogen and oxygen atoms in total. The number of aryl methyl sites for hydroxylation is 1. The molecule has 0 spiro atoms. The monoisotopic (exact) mass is 326 g/mol. The summed E-state index contributed by atoms with van der Waals surface area (Å²) in [7, 11) is 0. The zero-order chi connectivity index (χ0) is 16.9. The fourth-order valence-electron chi connectivity index (χ4n) is 3.02. The molecule has 2 aromatic carbocycles. The van der Waals surface area contributed by atoms with E-state index >= 15 is 0 Å². The maximum Gasteiger partial charge on any atom is 0.253 e. The van der Waals surface area contributed by atoms with Crippen LogP contribution in [0.3, 0.4) is 0 Å². The third kappa shape index (κ3) is 4.01. The highest BCUT2D eigenvalue weighted by atomic mass is 19.1. The molecule has 1 fully saturated rings. The van der Waals surface area contributed by atoms with E-state index in [1.165, 1.54) is 23.3 Å². The first-order valence-electron chi connectivity index (χ1n) is 8.50. The van der Waals surface area contributed by atoms with Crippen LogP contribution in [0.4, 0.5) is 4.39 Å². The number of hydrogen-bond acceptors (Lipinski definition) is 2. The topological polar surface area (TPSA) is 23.6 Å². The molecular weight excluding hydrogens is 303 g/mol. The van der Waals surface area contributed by atoms with E-state index in [9.17, 15) is 9.18 Å². The van der Waals surface area contributed by atoms with Crippen LogP contribution in [0.15, 0.2) is 48.5 Å². The van der Waals surface area contributed by atoms with Gasteiger partial charge < -0.3 is 4.90 Å². The van der Waals surface area contributed by atoms with E-state index in [-0.39, 0.29) is 11.7 Å². The van der Waals surface area contributed by atoms with Crippen molar-refractivity contribution < 1.29 is 9.18 Å². The first-order chi connectivity index (χ1) is 11.7. The normalized spacial score (nSPS) is 15.5. The number of benzene rings is 2. The van der Waals surface area contributed by atoms with E-state index in [2.05, 4.69) is 36.1 Å². The van der Waals surface area contributed by atoms with Crippen molar-refractivity contribution in [3.8, 4) is 0 Å². The Balaban J connectivity index is 1.53. The highest BCUT2D eigenvalue weighted by Crippen LogP contribution is 2.13. The Bertz CT molecular complexity index is 674. The van der Waals surface area contributed by atoms with Crippen LogP contribution < -0.4 is 0 Å². The minimum Gasteiger partial charge on any atom is -0.336 e. The molecule has 1 aliphatic heterocycles. The Labute approximate surface area is 142 Å². The van der Waals surface area contributed by atoms with Crippen LogP contribution in [0.2, 0.25) is 0 Å². The molecule has 2 aromatic rings. The van der Waals surface area contributed by atoms with Gasteiger partial charge in [0, 0.05) is 38.3 Å². The number of rotatable bonds is 4. The molecular formula is C20H23FN2O. The molecule has 0 unspecified atom stereocenters. The minimum absolute atomic E-state index is 0.0121. The van der Waals surface area contributed by atoms with E-state index in [4.69, 9.17) is 0 Å². The summed E-state index contributed by atoms with van der Waals surface area (Å²) in [6.45, 7) is 6.23. The third-order valence-electron chi connectivity index (χ3n) is 4.59. The standard InChI is InChI=1S/C20H23FN2O/c1-2-16-3-5-17(6-4-16)15-22-11-13-23(14-12-22)20(24)18-7-9-19(21)10-8-18/h3-10H,2,11-15H2,1H3. The molecule has 3 rings (SSSR count). The summed E-state index contributed by atoms with van der Waals surface area (Å²) in [6.07, 6.45) is 1.06. The number of hydrogen-bond donors (Lipinski definition) is 0. The second-order valence-corrected chi connectivity index (χ2v) is 6.25. The molecule has 0 aromatic heterocycles. The Kier molecular flexibility index (Phi) is 5.26. The Morgan fingerprint density at radius 1 is 0.917 bits per heavy atom. The number of carbonyl (C=O) groups excluding carboxylic acids is 1. The largest absolute Gasteiger partial charge is 0.336 e. The molecule has 4 heteroatoms. The maximum atomic E-state index is 13.0. The second-order valence-electron chi connectivity index (χ2n) is 6.25. The van der Waals surface area contributed by atoms with Crippen LogP contribution in [-0.4, -0.2) is 41.9 Å². The van der Waals surface area contributed by atoms with Gasteiger partial charge in [-0.05, 0) is 41.8 Å². The van der Waals surface area contributed by atoms with Crippen molar-refractivity contribution >= 4 is 5.91 Å². The molecule has 1 amide bonds. The van der Waals surface area contributed by atoms with E-state index < -0.39 is 0 Å². The summed E-state index contributed by atoms with van der Waals surface area (Å²) in [4.78, 5) is 16.7. The molecule has 1 aliphatic rings. The lowest BCUT2D eigenvalue weighted by Gasteiger charge is -2.34. The van der Waals surface area contributed by atoms with E-state index in [0.29, 0.717) is 18.7 Å². The van der Waals surface area contributed by atoms with Gasteiger partial charge in [-0.15, -0.1) is 0 Å². The first-order valence-corrected chi connectivity index (χ1v) is 8.50. The predicted molar refractivity (Wildman–Crippen MR) is 93.4 cm³/mol. The Morgan fingerprint density at radius 2 is 1.50 bits per heavy atom. The van der Waals surface area contributed by atoms with Crippen LogP contribution in [0.1, 0.15) is 28.4 Å². The molecule has 24 heavy (non-hydrogen) atoms. The lowest BCUT2D eigenvalue weighted by atomic mass is 10.1. The second kappa shape index (κ2) is 7.58. The zero-order valence-corrected chi connectivity index (χ0v) is 14.0. The summed E-state index contributed by atoms with van der Waals surface area (Å²) < 4.78 is 13.0. The number of piperazine rings is 1. The number of nitrogens with zero attached hydrogens (tertiary/aromatic N) is 2. The van der Waals surface area contributed by atoms with E-state index in [0.717, 1.165) is 26.1 Å². The average molecular weight is 326 g/mol. The minimum atomic E-state index is -0.314. The molecule has 0 bridgehead atoms. The van der Waals surface area contributed by atoms with Gasteiger partial charge in [0.1, 0.15) is 5.82 Å². The smallest absolute Gasteiger partial charge is 0.253 e. The van der Waals surface area contributed by atoms with Gasteiger partial charge in [-0.25, -0.2) is 4.39 Å². The first kappa shape index (κ1) is 16.7. The van der Waals surface area contributed by atoms with E-state index in [1.54, 1.807) is 12.1 Å². The van der Waals surface area contributed by atoms with Gasteiger partial charge in [0.2, 0.25) is 0 Å². The summed E-state index contributed by atoms with van der Waals surface area (Å²) in [5.74, 6) is -0.326. The van der Waals surface area contributed by atoms with Gasteiger partial charge in [-0.1, -0.05) is 31.2 Å². The number of amides is 1. The van der Waals surface area contributed by atoms with Crippen molar-refractivity contribution in [1.29, 1.82) is 0 Å². The van der Waals surface area contributed by atoms with Crippen molar-refractivity contribution in [2.24, 2.45) is 0 Å². The summed E-state index contributed by atoms with van der Waals surface area (Å²) in [5.41, 5.74) is 3.22. The molecule has 0 radical (unpaired) electrons. The molecule has 0 atom stereocenters. The molecule has 1 saturated heterocycles. The molecule has 1 heterocycles. The molecule has 126 valence electrons. The highest BCUT2D eigenvalue weighted by molar-refractivity contribution is 5.94. The maximum absolute atomic E-state index is 13.0. The van der Waals surface area contributed by atoms with Crippen LogP contribution in [0, 0.1) is 5.82 Å². The van der Waals surface area contributed by atoms with E-state index in [1.807, 2.05) is 4.90 Å². The molecule has 0 aliphatic carbocycles. The van der Waals surface area contributed by atoms with Crippen LogP contribution in [0.25, 0.3) is 0 Å². The number of carbonyl (C=O) groups is 1. The quantitative estimate of drug-likeness (QED) is 0.860. The van der Waals surface area contributed by atoms with Crippen molar-refractivity contribution in [3.63, 3.8) is 0 Å². The Morgan fingerprint density at radius 3 is 2.08 bits per heavy atom. The predicted octanol–water partition coefficient (Wildman–Crippen LogP) is 3.35. The SMILES string of the molecule is CCc1ccc(CN2CCN(C(=O)c3ccc(F)cc3)CC2)cc1. The van der Waals surface area contributed by atoms with Crippen molar-refractivity contribution in [2.45, 2.75) is 19.9 Å². The lowest BCUT2D eigenvalue weighted by molar-refractivity contribution is 0.0628. The van der Waals surface area contributed by atoms with Gasteiger partial charge >= 0.3 is 0 Å². The third-order valence-corrected chi connectivity index (χ3v) is 4.59. The van der Waals surface area contributed by atoms with Gasteiger partial charge in [0.05, 0.1) is 0 Å². The zero-order valence-electron chi connectivity index (χ0n) is 14.0. The van der Waals surface area contributed by atoms with Gasteiger partial charge in [0.15, 0.2) is 0 Å². The van der Waals surface area contributed by atoms with Crippen molar-refractivity contribution in [3.05, 3.63) is 71.0 Å². The van der Waals surface area contributed by atoms with Crippen LogP contribution in [0.5, 0.6) is 0 Å². The fourth-order valence-corrected chi connectivity index (χ4v) is 3.02. The summed E-state index contributed by atoms with van der Waals surface area (Å²) >= 11 is 0. The average Bonchev–Trinajstić information content (AvgIpc) is 2.63. The summed E-state index contributed by atoms with van der Waals surface area (Å²) in [6, 6.07) is 14.5. The lowest BCUT2D eigenvalue weighted by Crippen LogP contribution is -2.48. The fraction of sp³-hybridized carbons (Fsp3) is 0.350. The summed E-state index contributed by atoms with van der Waals surface area (Å²) in [5, 5.41) is 0. The van der Waals surface area contributed by atoms with Gasteiger partial charge in [0.25, 0.3) is 5.91 Å². The van der Waals surface area contributed by atoms with Crippen molar-refractivity contribution in [2.75, 3.05) is 26.2 Å². The van der Waals surface area contributed by atoms with Crippen molar-refractivity contribution in [1.82, 2.24) is 9.80 Å². The van der Waals surface area contributed by atoms with Gasteiger partial charge in [-0.2, -0.15) is 0 Å². The highest BCUT2D eigenvalue weighted by Gasteiger charge is 2.22. The van der Waals surface area contributed by atoms with Crippen LogP contribution in [-0.2, 0) is 13.0 Å². The molecule has 0 saturated carbocycles. The van der Waals surface area contributed by atoms with Gasteiger partial charge in [-0.3, -0.25) is 9.69 Å².